The maximum atomic E-state index is 13.3. The highest BCUT2D eigenvalue weighted by Gasteiger charge is 2.21. The molecule has 0 aliphatic carbocycles. The van der Waals surface area contributed by atoms with E-state index in [1.54, 1.807) is 0 Å². The van der Waals surface area contributed by atoms with E-state index in [0.717, 1.165) is 55.0 Å². The first-order chi connectivity index (χ1) is 13.6. The van der Waals surface area contributed by atoms with Crippen LogP contribution in [0.15, 0.2) is 48.5 Å². The van der Waals surface area contributed by atoms with Crippen LogP contribution in [-0.4, -0.2) is 46.2 Å². The molecule has 0 radical (unpaired) electrons. The SMILES string of the molecule is CC(N)CN1CCC(Nc2nc3ccccc3n2Cc2ccc(F)cc2)CC1. The third-order valence-electron chi connectivity index (χ3n) is 5.38. The summed E-state index contributed by atoms with van der Waals surface area (Å²) < 4.78 is 15.5. The Morgan fingerprint density at radius 1 is 1.14 bits per heavy atom. The predicted octanol–water partition coefficient (Wildman–Crippen LogP) is 3.45. The fourth-order valence-corrected chi connectivity index (χ4v) is 3.97. The lowest BCUT2D eigenvalue weighted by Crippen LogP contribution is -2.44. The van der Waals surface area contributed by atoms with Crippen LogP contribution >= 0.6 is 0 Å². The number of nitrogens with one attached hydrogen (secondary N) is 1. The Bertz CT molecular complexity index is 910. The summed E-state index contributed by atoms with van der Waals surface area (Å²) in [7, 11) is 0. The highest BCUT2D eigenvalue weighted by atomic mass is 19.1. The van der Waals surface area contributed by atoms with Gasteiger partial charge in [0.1, 0.15) is 5.82 Å². The minimum Gasteiger partial charge on any atom is -0.353 e. The number of benzene rings is 2. The van der Waals surface area contributed by atoms with Crippen LogP contribution in [0.5, 0.6) is 0 Å². The van der Waals surface area contributed by atoms with Gasteiger partial charge in [-0.25, -0.2) is 9.37 Å². The Balaban J connectivity index is 1.53. The molecule has 1 fully saturated rings. The lowest BCUT2D eigenvalue weighted by atomic mass is 10.0. The van der Waals surface area contributed by atoms with Gasteiger partial charge < -0.3 is 20.5 Å². The molecular formula is C22H28FN5. The molecule has 0 saturated carbocycles. The molecular weight excluding hydrogens is 353 g/mol. The minimum absolute atomic E-state index is 0.212. The van der Waals surface area contributed by atoms with Crippen molar-refractivity contribution in [1.29, 1.82) is 0 Å². The molecule has 1 atom stereocenters. The van der Waals surface area contributed by atoms with Crippen molar-refractivity contribution in [3.8, 4) is 0 Å². The first-order valence-electron chi connectivity index (χ1n) is 10.0. The first-order valence-corrected chi connectivity index (χ1v) is 10.0. The van der Waals surface area contributed by atoms with Crippen molar-refractivity contribution >= 4 is 17.0 Å². The van der Waals surface area contributed by atoms with Crippen LogP contribution in [0.2, 0.25) is 0 Å². The summed E-state index contributed by atoms with van der Waals surface area (Å²) in [6, 6.07) is 15.5. The van der Waals surface area contributed by atoms with E-state index in [2.05, 4.69) is 27.8 Å². The summed E-state index contributed by atoms with van der Waals surface area (Å²) >= 11 is 0. The van der Waals surface area contributed by atoms with E-state index < -0.39 is 0 Å². The largest absolute Gasteiger partial charge is 0.353 e. The van der Waals surface area contributed by atoms with Crippen LogP contribution in [-0.2, 0) is 6.54 Å². The zero-order valence-electron chi connectivity index (χ0n) is 16.3. The highest BCUT2D eigenvalue weighted by Crippen LogP contribution is 2.24. The summed E-state index contributed by atoms with van der Waals surface area (Å²) in [6.45, 7) is 5.78. The number of likely N-dealkylation sites (tertiary alicyclic amines) is 1. The normalized spacial score (nSPS) is 17.1. The lowest BCUT2D eigenvalue weighted by molar-refractivity contribution is 0.210. The standard InChI is InChI=1S/C22H28FN5/c1-16(24)14-27-12-10-19(11-13-27)25-22-26-20-4-2-3-5-21(20)28(22)15-17-6-8-18(23)9-7-17/h2-9,16,19H,10-15,24H2,1H3,(H,25,26). The predicted molar refractivity (Wildman–Crippen MR) is 112 cm³/mol. The van der Waals surface area contributed by atoms with Crippen LogP contribution in [0.3, 0.4) is 0 Å². The van der Waals surface area contributed by atoms with Crippen molar-refractivity contribution in [2.24, 2.45) is 5.73 Å². The molecule has 148 valence electrons. The van der Waals surface area contributed by atoms with Gasteiger partial charge in [0, 0.05) is 31.7 Å². The Labute approximate surface area is 165 Å². The van der Waals surface area contributed by atoms with Crippen LogP contribution in [0.4, 0.5) is 10.3 Å². The average molecular weight is 381 g/mol. The molecule has 1 unspecified atom stereocenters. The van der Waals surface area contributed by atoms with Gasteiger partial charge in [0.05, 0.1) is 17.6 Å². The van der Waals surface area contributed by atoms with Crippen LogP contribution < -0.4 is 11.1 Å². The molecule has 2 aromatic carbocycles. The maximum Gasteiger partial charge on any atom is 0.204 e. The number of imidazole rings is 1. The molecule has 0 spiro atoms. The molecule has 1 aromatic heterocycles. The van der Waals surface area contributed by atoms with E-state index in [1.807, 2.05) is 30.3 Å². The summed E-state index contributed by atoms with van der Waals surface area (Å²) in [6.07, 6.45) is 2.15. The fourth-order valence-electron chi connectivity index (χ4n) is 3.97. The monoisotopic (exact) mass is 381 g/mol. The van der Waals surface area contributed by atoms with Gasteiger partial charge in [0.25, 0.3) is 0 Å². The summed E-state index contributed by atoms with van der Waals surface area (Å²) in [5.74, 6) is 0.673. The summed E-state index contributed by atoms with van der Waals surface area (Å²) in [5.41, 5.74) is 9.05. The molecule has 6 heteroatoms. The Kier molecular flexibility index (Phi) is 5.59. The number of fused-ring (bicyclic) bond motifs is 1. The van der Waals surface area contributed by atoms with Gasteiger partial charge in [-0.15, -0.1) is 0 Å². The van der Waals surface area contributed by atoms with Crippen molar-refractivity contribution in [3.05, 3.63) is 59.9 Å². The molecule has 1 saturated heterocycles. The molecule has 0 bridgehead atoms. The van der Waals surface area contributed by atoms with Gasteiger partial charge in [0.15, 0.2) is 0 Å². The van der Waals surface area contributed by atoms with Crippen molar-refractivity contribution in [2.45, 2.75) is 38.4 Å². The van der Waals surface area contributed by atoms with Gasteiger partial charge in [-0.05, 0) is 49.6 Å². The van der Waals surface area contributed by atoms with E-state index in [0.29, 0.717) is 12.6 Å². The molecule has 5 nitrogen and oxygen atoms in total. The second kappa shape index (κ2) is 8.29. The Hall–Kier alpha value is -2.44. The first kappa shape index (κ1) is 18.9. The molecule has 1 aliphatic heterocycles. The smallest absolute Gasteiger partial charge is 0.204 e. The van der Waals surface area contributed by atoms with Gasteiger partial charge in [0.2, 0.25) is 5.95 Å². The third-order valence-corrected chi connectivity index (χ3v) is 5.38. The quantitative estimate of drug-likeness (QED) is 0.687. The second-order valence-electron chi connectivity index (χ2n) is 7.83. The van der Waals surface area contributed by atoms with Crippen LogP contribution in [0.25, 0.3) is 11.0 Å². The number of hydrogen-bond acceptors (Lipinski definition) is 4. The molecule has 28 heavy (non-hydrogen) atoms. The van der Waals surface area contributed by atoms with Gasteiger partial charge >= 0.3 is 0 Å². The molecule has 4 rings (SSSR count). The maximum absolute atomic E-state index is 13.3. The number of hydrogen-bond donors (Lipinski definition) is 2. The van der Waals surface area contributed by atoms with Gasteiger partial charge in [-0.1, -0.05) is 24.3 Å². The summed E-state index contributed by atoms with van der Waals surface area (Å²) in [5, 5.41) is 3.66. The lowest BCUT2D eigenvalue weighted by Gasteiger charge is -2.33. The number of para-hydroxylation sites is 2. The van der Waals surface area contributed by atoms with Gasteiger partial charge in [-0.2, -0.15) is 0 Å². The number of aromatic nitrogens is 2. The number of nitrogens with zero attached hydrogens (tertiary/aromatic N) is 3. The number of piperidine rings is 1. The molecule has 1 aliphatic rings. The summed E-state index contributed by atoms with van der Waals surface area (Å²) in [4.78, 5) is 7.27. The molecule has 2 heterocycles. The van der Waals surface area contributed by atoms with E-state index in [9.17, 15) is 4.39 Å². The molecule has 3 N–H and O–H groups in total. The van der Waals surface area contributed by atoms with Crippen molar-refractivity contribution in [2.75, 3.05) is 25.0 Å². The molecule has 3 aromatic rings. The Morgan fingerprint density at radius 2 is 1.86 bits per heavy atom. The third kappa shape index (κ3) is 4.34. The van der Waals surface area contributed by atoms with E-state index >= 15 is 0 Å². The van der Waals surface area contributed by atoms with Crippen molar-refractivity contribution < 1.29 is 4.39 Å². The second-order valence-corrected chi connectivity index (χ2v) is 7.83. The van der Waals surface area contributed by atoms with Crippen molar-refractivity contribution in [3.63, 3.8) is 0 Å². The highest BCUT2D eigenvalue weighted by molar-refractivity contribution is 5.78. The zero-order chi connectivity index (χ0) is 19.5. The number of halogens is 1. The number of rotatable bonds is 6. The topological polar surface area (TPSA) is 59.1 Å². The average Bonchev–Trinajstić information content (AvgIpc) is 3.02. The van der Waals surface area contributed by atoms with Crippen molar-refractivity contribution in [1.82, 2.24) is 14.5 Å². The zero-order valence-corrected chi connectivity index (χ0v) is 16.3. The van der Waals surface area contributed by atoms with Crippen LogP contribution in [0, 0.1) is 5.82 Å². The number of anilines is 1. The van der Waals surface area contributed by atoms with Crippen LogP contribution in [0.1, 0.15) is 25.3 Å². The van der Waals surface area contributed by atoms with E-state index in [1.165, 1.54) is 12.1 Å². The molecule has 0 amide bonds. The fraction of sp³-hybridized carbons (Fsp3) is 0.409. The Morgan fingerprint density at radius 3 is 2.57 bits per heavy atom. The minimum atomic E-state index is -0.212. The number of nitrogens with two attached hydrogens (primary N) is 1. The van der Waals surface area contributed by atoms with E-state index in [4.69, 9.17) is 10.7 Å². The van der Waals surface area contributed by atoms with E-state index in [-0.39, 0.29) is 11.9 Å². The van der Waals surface area contributed by atoms with Gasteiger partial charge in [-0.3, -0.25) is 0 Å².